The van der Waals surface area contributed by atoms with Gasteiger partial charge in [0.2, 0.25) is 5.75 Å². The summed E-state index contributed by atoms with van der Waals surface area (Å²) in [6.45, 7) is 0. The molecule has 0 saturated carbocycles. The van der Waals surface area contributed by atoms with Crippen LogP contribution < -0.4 is 15.0 Å². The van der Waals surface area contributed by atoms with Crippen molar-refractivity contribution in [2.75, 3.05) is 7.11 Å². The number of nitrogens with one attached hydrogen (secondary N) is 2. The number of H-pyrrole nitrogens is 2. The minimum atomic E-state index is -4.97. The molecule has 0 radical (unpaired) electrons. The Kier molecular flexibility index (Phi) is 5.03. The van der Waals surface area contributed by atoms with Crippen molar-refractivity contribution in [2.24, 2.45) is 0 Å². The molecule has 2 heterocycles. The molecule has 0 aliphatic rings. The Bertz CT molecular complexity index is 1050. The second-order valence-corrected chi connectivity index (χ2v) is 5.90. The fourth-order valence-electron chi connectivity index (χ4n) is 2.13. The second-order valence-electron chi connectivity index (χ2n) is 5.08. The normalized spacial score (nSPS) is 11.5. The predicted octanol–water partition coefficient (Wildman–Crippen LogP) is 4.29. The van der Waals surface area contributed by atoms with Gasteiger partial charge in [0.15, 0.2) is 17.3 Å². The van der Waals surface area contributed by atoms with Crippen LogP contribution in [0.4, 0.5) is 13.2 Å². The van der Waals surface area contributed by atoms with Gasteiger partial charge in [0.1, 0.15) is 11.4 Å². The van der Waals surface area contributed by atoms with Crippen LogP contribution in [0.3, 0.4) is 0 Å². The van der Waals surface area contributed by atoms with Crippen LogP contribution in [0.25, 0.3) is 11.5 Å². The van der Waals surface area contributed by atoms with Crippen LogP contribution in [-0.2, 0) is 6.18 Å². The van der Waals surface area contributed by atoms with Crippen molar-refractivity contribution in [3.05, 3.63) is 50.5 Å². The first-order chi connectivity index (χ1) is 12.7. The molecule has 0 bridgehead atoms. The van der Waals surface area contributed by atoms with Gasteiger partial charge in [-0.1, -0.05) is 23.2 Å². The summed E-state index contributed by atoms with van der Waals surface area (Å²) in [5.74, 6) is -1.47. The zero-order valence-corrected chi connectivity index (χ0v) is 14.8. The van der Waals surface area contributed by atoms with E-state index in [-0.39, 0.29) is 27.2 Å². The van der Waals surface area contributed by atoms with E-state index in [2.05, 4.69) is 20.2 Å². The van der Waals surface area contributed by atoms with Crippen molar-refractivity contribution in [2.45, 2.75) is 6.18 Å². The summed E-state index contributed by atoms with van der Waals surface area (Å²) in [6, 6.07) is 3.76. The van der Waals surface area contributed by atoms with Crippen LogP contribution >= 0.6 is 23.2 Å². The standard InChI is InChI=1S/C15H9Cl2F3N4O3/c1-26-9-5-21-24-10(9)13-22-12(15(18,19)20)11(14(25)23-13)27-6-2-3-7(16)8(17)4-6/h2-5H,1H3,(H,21,24)(H,22,23,25). The van der Waals surface area contributed by atoms with Gasteiger partial charge < -0.3 is 14.5 Å². The minimum Gasteiger partial charge on any atom is -0.493 e. The van der Waals surface area contributed by atoms with Crippen molar-refractivity contribution in [3.8, 4) is 28.8 Å². The number of aromatic amines is 2. The Hall–Kier alpha value is -2.72. The number of aromatic nitrogens is 4. The number of nitrogens with zero attached hydrogens (tertiary/aromatic N) is 2. The fraction of sp³-hybridized carbons (Fsp3) is 0.133. The van der Waals surface area contributed by atoms with Crippen molar-refractivity contribution < 1.29 is 22.6 Å². The maximum absolute atomic E-state index is 13.5. The number of hydrogen-bond donors (Lipinski definition) is 2. The predicted molar refractivity (Wildman–Crippen MR) is 90.5 cm³/mol. The lowest BCUT2D eigenvalue weighted by Crippen LogP contribution is -2.21. The van der Waals surface area contributed by atoms with Crippen LogP contribution in [0.1, 0.15) is 5.69 Å². The van der Waals surface area contributed by atoms with E-state index in [9.17, 15) is 18.0 Å². The Morgan fingerprint density at radius 1 is 1.19 bits per heavy atom. The highest BCUT2D eigenvalue weighted by molar-refractivity contribution is 6.42. The average molecular weight is 421 g/mol. The molecule has 12 heteroatoms. The van der Waals surface area contributed by atoms with Crippen molar-refractivity contribution in [1.82, 2.24) is 20.2 Å². The maximum atomic E-state index is 13.5. The molecule has 142 valence electrons. The highest BCUT2D eigenvalue weighted by atomic mass is 35.5. The number of rotatable bonds is 4. The third-order valence-corrected chi connectivity index (χ3v) is 4.06. The number of benzene rings is 1. The molecule has 0 atom stereocenters. The van der Waals surface area contributed by atoms with E-state index in [0.29, 0.717) is 0 Å². The van der Waals surface area contributed by atoms with Gasteiger partial charge in [0, 0.05) is 6.07 Å². The smallest absolute Gasteiger partial charge is 0.437 e. The molecule has 0 aliphatic carbocycles. The van der Waals surface area contributed by atoms with Crippen LogP contribution in [0.15, 0.2) is 29.2 Å². The Balaban J connectivity index is 2.14. The van der Waals surface area contributed by atoms with Crippen LogP contribution in [0.5, 0.6) is 17.2 Å². The van der Waals surface area contributed by atoms with Gasteiger partial charge in [-0.15, -0.1) is 0 Å². The molecule has 3 aromatic rings. The summed E-state index contributed by atoms with van der Waals surface area (Å²) < 4.78 is 50.5. The van der Waals surface area contributed by atoms with E-state index in [1.54, 1.807) is 0 Å². The molecule has 0 fully saturated rings. The first-order valence-corrected chi connectivity index (χ1v) is 7.88. The summed E-state index contributed by atoms with van der Waals surface area (Å²) in [5.41, 5.74) is -2.71. The molecular weight excluding hydrogens is 412 g/mol. The van der Waals surface area contributed by atoms with Gasteiger partial charge in [-0.3, -0.25) is 9.89 Å². The highest BCUT2D eigenvalue weighted by Crippen LogP contribution is 2.37. The van der Waals surface area contributed by atoms with Crippen LogP contribution in [0.2, 0.25) is 10.0 Å². The molecule has 1 aromatic carbocycles. The number of ether oxygens (including phenoxy) is 2. The Labute approximate surface area is 159 Å². The van der Waals surface area contributed by atoms with Crippen LogP contribution in [-0.4, -0.2) is 27.3 Å². The summed E-state index contributed by atoms with van der Waals surface area (Å²) >= 11 is 11.6. The van der Waals surface area contributed by atoms with Crippen molar-refractivity contribution in [3.63, 3.8) is 0 Å². The monoisotopic (exact) mass is 420 g/mol. The van der Waals surface area contributed by atoms with Gasteiger partial charge in [-0.2, -0.15) is 18.3 Å². The summed E-state index contributed by atoms with van der Waals surface area (Å²) in [5, 5.41) is 6.28. The molecule has 0 aliphatic heterocycles. The van der Waals surface area contributed by atoms with E-state index in [1.165, 1.54) is 31.5 Å². The third-order valence-electron chi connectivity index (χ3n) is 3.32. The lowest BCUT2D eigenvalue weighted by atomic mass is 10.3. The zero-order chi connectivity index (χ0) is 19.8. The molecule has 0 spiro atoms. The van der Waals surface area contributed by atoms with Gasteiger partial charge in [-0.05, 0) is 12.1 Å². The van der Waals surface area contributed by atoms with Crippen molar-refractivity contribution in [1.29, 1.82) is 0 Å². The van der Waals surface area contributed by atoms with E-state index >= 15 is 0 Å². The molecule has 3 rings (SSSR count). The summed E-state index contributed by atoms with van der Waals surface area (Å²) in [7, 11) is 1.29. The highest BCUT2D eigenvalue weighted by Gasteiger charge is 2.39. The zero-order valence-electron chi connectivity index (χ0n) is 13.3. The number of hydrogen-bond acceptors (Lipinski definition) is 5. The Morgan fingerprint density at radius 2 is 1.93 bits per heavy atom. The summed E-state index contributed by atoms with van der Waals surface area (Å²) in [6.07, 6.45) is -3.75. The average Bonchev–Trinajstić information content (AvgIpc) is 3.07. The third kappa shape index (κ3) is 3.86. The SMILES string of the molecule is COc1cn[nH]c1-c1nc(C(F)(F)F)c(Oc2ccc(Cl)c(Cl)c2)c(=O)[nH]1. The second kappa shape index (κ2) is 7.12. The minimum absolute atomic E-state index is 0.0267. The van der Waals surface area contributed by atoms with Gasteiger partial charge in [0.05, 0.1) is 23.4 Å². The molecule has 0 amide bonds. The fourth-order valence-corrected chi connectivity index (χ4v) is 2.41. The van der Waals surface area contributed by atoms with Crippen LogP contribution in [0, 0.1) is 0 Å². The molecule has 7 nitrogen and oxygen atoms in total. The number of alkyl halides is 3. The van der Waals surface area contributed by atoms with E-state index in [1.807, 2.05) is 0 Å². The van der Waals surface area contributed by atoms with E-state index in [0.717, 1.165) is 0 Å². The Morgan fingerprint density at radius 3 is 2.56 bits per heavy atom. The van der Waals surface area contributed by atoms with Gasteiger partial charge >= 0.3 is 6.18 Å². The molecular formula is C15H9Cl2F3N4O3. The van der Waals surface area contributed by atoms with Gasteiger partial charge in [0.25, 0.3) is 5.56 Å². The van der Waals surface area contributed by atoms with E-state index < -0.39 is 29.0 Å². The number of halogens is 5. The topological polar surface area (TPSA) is 92.9 Å². The molecule has 0 saturated heterocycles. The molecule has 0 unspecified atom stereocenters. The summed E-state index contributed by atoms with van der Waals surface area (Å²) in [4.78, 5) is 18.0. The molecule has 2 aromatic heterocycles. The van der Waals surface area contributed by atoms with Gasteiger partial charge in [-0.25, -0.2) is 4.98 Å². The van der Waals surface area contributed by atoms with E-state index in [4.69, 9.17) is 32.7 Å². The van der Waals surface area contributed by atoms with Crippen molar-refractivity contribution >= 4 is 23.2 Å². The quantitative estimate of drug-likeness (QED) is 0.656. The first-order valence-electron chi connectivity index (χ1n) is 7.13. The largest absolute Gasteiger partial charge is 0.493 e. The number of methoxy groups -OCH3 is 1. The molecule has 27 heavy (non-hydrogen) atoms. The molecule has 2 N–H and O–H groups in total. The lowest BCUT2D eigenvalue weighted by Gasteiger charge is -2.13. The lowest BCUT2D eigenvalue weighted by molar-refractivity contribution is -0.142. The maximum Gasteiger partial charge on any atom is 0.437 e. The first kappa shape index (κ1) is 19.1.